The molecule has 0 amide bonds. The number of alkyl halides is 1. The Morgan fingerprint density at radius 3 is 2.44 bits per heavy atom. The van der Waals surface area contributed by atoms with Crippen molar-refractivity contribution in [2.45, 2.75) is 24.6 Å². The molecule has 0 saturated heterocycles. The molecular weight excluding hydrogens is 316 g/mol. The highest BCUT2D eigenvalue weighted by atomic mass is 79.9. The minimum Gasteiger partial charge on any atom is -0.495 e. The lowest BCUT2D eigenvalue weighted by Crippen LogP contribution is -2.07. The Morgan fingerprint density at radius 2 is 1.94 bits per heavy atom. The molecule has 0 radical (unpaired) electrons. The van der Waals surface area contributed by atoms with E-state index in [-0.39, 0.29) is 4.83 Å². The normalized spacial score (nSPS) is 18.3. The van der Waals surface area contributed by atoms with Crippen molar-refractivity contribution < 1.29 is 9.47 Å². The van der Waals surface area contributed by atoms with Gasteiger partial charge in [-0.05, 0) is 30.7 Å². The molecule has 100 valence electrons. The molecule has 1 saturated carbocycles. The van der Waals surface area contributed by atoms with Crippen molar-refractivity contribution in [2.24, 2.45) is 11.8 Å². The smallest absolute Gasteiger partial charge is 0.145 e. The summed E-state index contributed by atoms with van der Waals surface area (Å²) in [5.41, 5.74) is 1.10. The van der Waals surface area contributed by atoms with E-state index in [1.165, 1.54) is 12.8 Å². The number of methoxy groups -OCH3 is 2. The third kappa shape index (κ3) is 2.62. The van der Waals surface area contributed by atoms with Crippen LogP contribution in [0.15, 0.2) is 12.1 Å². The lowest BCUT2D eigenvalue weighted by atomic mass is 9.96. The Balaban J connectivity index is 2.34. The summed E-state index contributed by atoms with van der Waals surface area (Å²) in [4.78, 5) is 0.267. The Bertz CT molecular complexity index is 432. The fourth-order valence-corrected chi connectivity index (χ4v) is 3.40. The Labute approximate surface area is 122 Å². The van der Waals surface area contributed by atoms with E-state index in [9.17, 15) is 0 Å². The molecule has 4 heteroatoms. The quantitative estimate of drug-likeness (QED) is 0.718. The molecule has 2 nitrogen and oxygen atoms in total. The van der Waals surface area contributed by atoms with Crippen molar-refractivity contribution in [3.8, 4) is 11.5 Å². The van der Waals surface area contributed by atoms with Gasteiger partial charge in [0.1, 0.15) is 16.5 Å². The summed E-state index contributed by atoms with van der Waals surface area (Å²) in [5, 5.41) is 0.546. The predicted molar refractivity (Wildman–Crippen MR) is 78.1 cm³/mol. The van der Waals surface area contributed by atoms with Crippen LogP contribution < -0.4 is 9.47 Å². The topological polar surface area (TPSA) is 18.5 Å². The second-order valence-electron chi connectivity index (χ2n) is 4.80. The first kappa shape index (κ1) is 14.0. The minimum atomic E-state index is 0.267. The van der Waals surface area contributed by atoms with Gasteiger partial charge in [0.05, 0.1) is 14.2 Å². The zero-order valence-electron chi connectivity index (χ0n) is 10.9. The van der Waals surface area contributed by atoms with Crippen LogP contribution in [0, 0.1) is 11.8 Å². The molecule has 1 aliphatic rings. The van der Waals surface area contributed by atoms with Crippen molar-refractivity contribution in [1.29, 1.82) is 0 Å². The summed E-state index contributed by atoms with van der Waals surface area (Å²) < 4.78 is 10.7. The van der Waals surface area contributed by atoms with Crippen LogP contribution in [-0.2, 0) is 0 Å². The molecule has 2 rings (SSSR count). The second kappa shape index (κ2) is 5.70. The van der Waals surface area contributed by atoms with E-state index in [1.54, 1.807) is 14.2 Å². The van der Waals surface area contributed by atoms with Gasteiger partial charge in [0.25, 0.3) is 0 Å². The van der Waals surface area contributed by atoms with Crippen LogP contribution >= 0.6 is 27.5 Å². The first-order valence-corrected chi connectivity index (χ1v) is 7.44. The number of halogens is 2. The third-order valence-electron chi connectivity index (χ3n) is 3.64. The highest BCUT2D eigenvalue weighted by Crippen LogP contribution is 2.50. The van der Waals surface area contributed by atoms with Crippen molar-refractivity contribution in [1.82, 2.24) is 0 Å². The number of hydrogen-bond donors (Lipinski definition) is 0. The predicted octanol–water partition coefficient (Wildman–Crippen LogP) is 4.84. The van der Waals surface area contributed by atoms with Gasteiger partial charge in [-0.15, -0.1) is 0 Å². The van der Waals surface area contributed by atoms with Gasteiger partial charge in [0.2, 0.25) is 0 Å². The number of ether oxygens (including phenoxy) is 2. The molecular formula is C14H18BrClO2. The van der Waals surface area contributed by atoms with Gasteiger partial charge >= 0.3 is 0 Å². The highest BCUT2D eigenvalue weighted by molar-refractivity contribution is 9.09. The summed E-state index contributed by atoms with van der Waals surface area (Å²) in [6, 6.07) is 3.93. The molecule has 1 fully saturated rings. The highest BCUT2D eigenvalue weighted by Gasteiger charge is 2.34. The monoisotopic (exact) mass is 332 g/mol. The van der Waals surface area contributed by atoms with E-state index in [0.29, 0.717) is 22.4 Å². The molecule has 0 N–H and O–H groups in total. The molecule has 1 aromatic carbocycles. The summed E-state index contributed by atoms with van der Waals surface area (Å²) in [6.45, 7) is 2.27. The summed E-state index contributed by atoms with van der Waals surface area (Å²) in [5.74, 6) is 2.77. The van der Waals surface area contributed by atoms with Gasteiger partial charge in [-0.3, -0.25) is 0 Å². The van der Waals surface area contributed by atoms with E-state index < -0.39 is 0 Å². The van der Waals surface area contributed by atoms with Crippen LogP contribution in [0.4, 0.5) is 0 Å². The van der Waals surface area contributed by atoms with Gasteiger partial charge in [0, 0.05) is 10.4 Å². The van der Waals surface area contributed by atoms with Crippen molar-refractivity contribution in [3.63, 3.8) is 0 Å². The Morgan fingerprint density at radius 1 is 1.28 bits per heavy atom. The van der Waals surface area contributed by atoms with Gasteiger partial charge in [-0.2, -0.15) is 0 Å². The minimum absolute atomic E-state index is 0.267. The molecule has 0 aromatic heterocycles. The van der Waals surface area contributed by atoms with Crippen LogP contribution in [0.5, 0.6) is 11.5 Å². The lowest BCUT2D eigenvalue weighted by Gasteiger charge is -2.22. The second-order valence-corrected chi connectivity index (χ2v) is 6.17. The van der Waals surface area contributed by atoms with Gasteiger partial charge in [-0.25, -0.2) is 0 Å². The van der Waals surface area contributed by atoms with Crippen LogP contribution in [-0.4, -0.2) is 14.2 Å². The summed E-state index contributed by atoms with van der Waals surface area (Å²) in [6.07, 6.45) is 2.66. The maximum Gasteiger partial charge on any atom is 0.145 e. The largest absolute Gasteiger partial charge is 0.495 e. The molecule has 0 heterocycles. The number of rotatable bonds is 5. The van der Waals surface area contributed by atoms with E-state index in [4.69, 9.17) is 21.1 Å². The first-order valence-electron chi connectivity index (χ1n) is 6.14. The average Bonchev–Trinajstić information content (AvgIpc) is 3.20. The molecule has 0 aliphatic heterocycles. The van der Waals surface area contributed by atoms with Gasteiger partial charge in [0.15, 0.2) is 0 Å². The molecule has 0 spiro atoms. The summed E-state index contributed by atoms with van der Waals surface area (Å²) >= 11 is 10.1. The fraction of sp³-hybridized carbons (Fsp3) is 0.571. The van der Waals surface area contributed by atoms with Crippen LogP contribution in [0.1, 0.15) is 30.2 Å². The zero-order valence-corrected chi connectivity index (χ0v) is 13.2. The Kier molecular flexibility index (Phi) is 4.44. The van der Waals surface area contributed by atoms with E-state index >= 15 is 0 Å². The number of hydrogen-bond acceptors (Lipinski definition) is 2. The zero-order chi connectivity index (χ0) is 13.3. The van der Waals surface area contributed by atoms with Crippen LogP contribution in [0.2, 0.25) is 5.02 Å². The van der Waals surface area contributed by atoms with Gasteiger partial charge in [-0.1, -0.05) is 40.5 Å². The van der Waals surface area contributed by atoms with Crippen molar-refractivity contribution in [2.75, 3.05) is 14.2 Å². The maximum atomic E-state index is 6.29. The standard InChI is InChI=1S/C14H18BrClO2/c1-8(9-4-5-9)12(15)10-6-7-11(17-2)13(16)14(10)18-3/h6-9,12H,4-5H2,1-3H3. The molecule has 18 heavy (non-hydrogen) atoms. The average molecular weight is 334 g/mol. The van der Waals surface area contributed by atoms with Crippen LogP contribution in [0.25, 0.3) is 0 Å². The van der Waals surface area contributed by atoms with Crippen molar-refractivity contribution >= 4 is 27.5 Å². The molecule has 0 bridgehead atoms. The first-order chi connectivity index (χ1) is 8.60. The van der Waals surface area contributed by atoms with Crippen molar-refractivity contribution in [3.05, 3.63) is 22.7 Å². The Hall–Kier alpha value is -0.410. The van der Waals surface area contributed by atoms with E-state index in [1.807, 2.05) is 12.1 Å². The molecule has 1 aromatic rings. The lowest BCUT2D eigenvalue weighted by molar-refractivity contribution is 0.386. The van der Waals surface area contributed by atoms with E-state index in [0.717, 1.165) is 11.5 Å². The SMILES string of the molecule is COc1ccc(C(Br)C(C)C2CC2)c(OC)c1Cl. The third-order valence-corrected chi connectivity index (χ3v) is 5.33. The molecule has 2 unspecified atom stereocenters. The van der Waals surface area contributed by atoms with Crippen LogP contribution in [0.3, 0.4) is 0 Å². The molecule has 1 aliphatic carbocycles. The fourth-order valence-electron chi connectivity index (χ4n) is 2.28. The summed E-state index contributed by atoms with van der Waals surface area (Å²) in [7, 11) is 3.25. The van der Waals surface area contributed by atoms with Gasteiger partial charge < -0.3 is 9.47 Å². The number of benzene rings is 1. The van der Waals surface area contributed by atoms with E-state index in [2.05, 4.69) is 22.9 Å². The maximum absolute atomic E-state index is 6.29. The molecule has 2 atom stereocenters.